The topological polar surface area (TPSA) is 24.9 Å². The highest BCUT2D eigenvalue weighted by molar-refractivity contribution is 9.10. The number of anilines is 2. The Hall–Kier alpha value is -1.35. The second-order valence-electron chi connectivity index (χ2n) is 4.19. The Balaban J connectivity index is 2.35. The molecule has 0 saturated carbocycles. The molecule has 2 aromatic rings. The molecule has 0 radical (unpaired) electrons. The number of halogens is 1. The lowest BCUT2D eigenvalue weighted by Crippen LogP contribution is -1.99. The zero-order valence-electron chi connectivity index (χ0n) is 10.2. The van der Waals surface area contributed by atoms with Crippen molar-refractivity contribution in [3.63, 3.8) is 0 Å². The number of pyridine rings is 1. The van der Waals surface area contributed by atoms with Crippen LogP contribution in [0.4, 0.5) is 11.5 Å². The lowest BCUT2D eigenvalue weighted by molar-refractivity contribution is 1.23. The van der Waals surface area contributed by atoms with E-state index >= 15 is 0 Å². The summed E-state index contributed by atoms with van der Waals surface area (Å²) in [6.07, 6.45) is 1.81. The first-order chi connectivity index (χ1) is 8.08. The van der Waals surface area contributed by atoms with E-state index < -0.39 is 0 Å². The first-order valence-corrected chi connectivity index (χ1v) is 6.32. The molecule has 0 atom stereocenters. The molecular formula is C14H15BrN2. The van der Waals surface area contributed by atoms with Gasteiger partial charge < -0.3 is 5.32 Å². The molecule has 0 unspecified atom stereocenters. The average Bonchev–Trinajstić information content (AvgIpc) is 2.28. The highest BCUT2D eigenvalue weighted by Gasteiger charge is 2.04. The van der Waals surface area contributed by atoms with Gasteiger partial charge in [-0.2, -0.15) is 0 Å². The van der Waals surface area contributed by atoms with E-state index in [4.69, 9.17) is 0 Å². The number of hydrogen-bond donors (Lipinski definition) is 1. The van der Waals surface area contributed by atoms with E-state index in [-0.39, 0.29) is 0 Å². The molecule has 1 heterocycles. The van der Waals surface area contributed by atoms with Gasteiger partial charge in [-0.3, -0.25) is 0 Å². The third kappa shape index (κ3) is 2.67. The number of benzene rings is 1. The number of aromatic nitrogens is 1. The van der Waals surface area contributed by atoms with Crippen LogP contribution < -0.4 is 5.32 Å². The Bertz CT molecular complexity index is 550. The monoisotopic (exact) mass is 290 g/mol. The Morgan fingerprint density at radius 2 is 1.88 bits per heavy atom. The molecule has 0 fully saturated rings. The molecule has 17 heavy (non-hydrogen) atoms. The normalized spacial score (nSPS) is 10.4. The van der Waals surface area contributed by atoms with E-state index in [1.54, 1.807) is 6.20 Å². The van der Waals surface area contributed by atoms with Crippen LogP contribution in [0.3, 0.4) is 0 Å². The fourth-order valence-electron chi connectivity index (χ4n) is 1.69. The molecule has 3 heteroatoms. The van der Waals surface area contributed by atoms with Crippen molar-refractivity contribution >= 4 is 27.4 Å². The van der Waals surface area contributed by atoms with Crippen LogP contribution in [0, 0.1) is 20.8 Å². The molecule has 88 valence electrons. The molecule has 1 N–H and O–H groups in total. The fraction of sp³-hybridized carbons (Fsp3) is 0.214. The fourth-order valence-corrected chi connectivity index (χ4v) is 2.13. The summed E-state index contributed by atoms with van der Waals surface area (Å²) in [6.45, 7) is 6.28. The van der Waals surface area contributed by atoms with Gasteiger partial charge in [0.1, 0.15) is 5.82 Å². The lowest BCUT2D eigenvalue weighted by atomic mass is 10.1. The molecule has 1 aromatic heterocycles. The third-order valence-corrected chi connectivity index (χ3v) is 3.34. The molecule has 0 spiro atoms. The summed E-state index contributed by atoms with van der Waals surface area (Å²) in [6, 6.07) is 8.30. The van der Waals surface area contributed by atoms with Gasteiger partial charge in [-0.25, -0.2) is 4.98 Å². The van der Waals surface area contributed by atoms with Crippen LogP contribution in [-0.2, 0) is 0 Å². The maximum absolute atomic E-state index is 4.39. The van der Waals surface area contributed by atoms with Crippen molar-refractivity contribution in [2.75, 3.05) is 5.32 Å². The van der Waals surface area contributed by atoms with E-state index in [9.17, 15) is 0 Å². The Kier molecular flexibility index (Phi) is 3.48. The molecule has 0 aliphatic heterocycles. The van der Waals surface area contributed by atoms with Gasteiger partial charge in [-0.05, 0) is 65.5 Å². The van der Waals surface area contributed by atoms with E-state index in [0.29, 0.717) is 0 Å². The van der Waals surface area contributed by atoms with Gasteiger partial charge in [-0.1, -0.05) is 12.1 Å². The second-order valence-corrected chi connectivity index (χ2v) is 5.11. The van der Waals surface area contributed by atoms with Crippen LogP contribution in [-0.4, -0.2) is 4.98 Å². The minimum atomic E-state index is 0.905. The van der Waals surface area contributed by atoms with Crippen LogP contribution in [0.5, 0.6) is 0 Å². The van der Waals surface area contributed by atoms with E-state index in [1.807, 2.05) is 6.92 Å². The van der Waals surface area contributed by atoms with Crippen molar-refractivity contribution in [2.24, 2.45) is 0 Å². The summed E-state index contributed by atoms with van der Waals surface area (Å²) in [5.41, 5.74) is 4.78. The average molecular weight is 291 g/mol. The summed E-state index contributed by atoms with van der Waals surface area (Å²) < 4.78 is 1.00. The molecule has 0 bridgehead atoms. The van der Waals surface area contributed by atoms with Crippen molar-refractivity contribution in [3.05, 3.63) is 51.6 Å². The lowest BCUT2D eigenvalue weighted by Gasteiger charge is -2.12. The molecule has 2 nitrogen and oxygen atoms in total. The zero-order chi connectivity index (χ0) is 12.4. The van der Waals surface area contributed by atoms with Crippen molar-refractivity contribution in [2.45, 2.75) is 20.8 Å². The maximum Gasteiger partial charge on any atom is 0.133 e. The highest BCUT2D eigenvalue weighted by Crippen LogP contribution is 2.24. The van der Waals surface area contributed by atoms with Crippen molar-refractivity contribution in [1.82, 2.24) is 4.98 Å². The van der Waals surface area contributed by atoms with Crippen LogP contribution in [0.25, 0.3) is 0 Å². The zero-order valence-corrected chi connectivity index (χ0v) is 11.8. The van der Waals surface area contributed by atoms with Crippen LogP contribution >= 0.6 is 15.9 Å². The molecular weight excluding hydrogens is 276 g/mol. The smallest absolute Gasteiger partial charge is 0.133 e. The maximum atomic E-state index is 4.39. The summed E-state index contributed by atoms with van der Waals surface area (Å²) in [5, 5.41) is 3.38. The number of rotatable bonds is 2. The minimum absolute atomic E-state index is 0.905. The van der Waals surface area contributed by atoms with Crippen LogP contribution in [0.15, 0.2) is 34.9 Å². The molecule has 0 saturated heterocycles. The molecule has 1 aromatic carbocycles. The van der Waals surface area contributed by atoms with Gasteiger partial charge in [0, 0.05) is 16.4 Å². The largest absolute Gasteiger partial charge is 0.340 e. The van der Waals surface area contributed by atoms with E-state index in [2.05, 4.69) is 64.3 Å². The summed E-state index contributed by atoms with van der Waals surface area (Å²) in [7, 11) is 0. The number of nitrogens with one attached hydrogen (secondary N) is 1. The predicted molar refractivity (Wildman–Crippen MR) is 75.9 cm³/mol. The predicted octanol–water partition coefficient (Wildman–Crippen LogP) is 4.51. The molecule has 2 rings (SSSR count). The van der Waals surface area contributed by atoms with Crippen molar-refractivity contribution in [3.8, 4) is 0 Å². The van der Waals surface area contributed by atoms with Gasteiger partial charge in [0.05, 0.1) is 0 Å². The number of nitrogens with zero attached hydrogens (tertiary/aromatic N) is 1. The van der Waals surface area contributed by atoms with Crippen LogP contribution in [0.1, 0.15) is 16.7 Å². The summed E-state index contributed by atoms with van der Waals surface area (Å²) in [4.78, 5) is 4.39. The van der Waals surface area contributed by atoms with E-state index in [1.165, 1.54) is 11.1 Å². The first-order valence-electron chi connectivity index (χ1n) is 5.53. The Morgan fingerprint density at radius 1 is 1.12 bits per heavy atom. The third-order valence-electron chi connectivity index (χ3n) is 2.90. The first kappa shape index (κ1) is 12.1. The van der Waals surface area contributed by atoms with Gasteiger partial charge in [-0.15, -0.1) is 0 Å². The highest BCUT2D eigenvalue weighted by atomic mass is 79.9. The van der Waals surface area contributed by atoms with Gasteiger partial charge in [0.25, 0.3) is 0 Å². The van der Waals surface area contributed by atoms with Crippen molar-refractivity contribution in [1.29, 1.82) is 0 Å². The summed E-state index contributed by atoms with van der Waals surface area (Å²) >= 11 is 3.42. The Labute approximate surface area is 110 Å². The van der Waals surface area contributed by atoms with Crippen LogP contribution in [0.2, 0.25) is 0 Å². The number of aryl methyl sites for hydroxylation is 2. The SMILES string of the molecule is Cc1cc(Br)cnc1Nc1cccc(C)c1C. The van der Waals surface area contributed by atoms with Gasteiger partial charge in [0.2, 0.25) is 0 Å². The molecule has 0 aliphatic rings. The minimum Gasteiger partial charge on any atom is -0.340 e. The van der Waals surface area contributed by atoms with Gasteiger partial charge in [0.15, 0.2) is 0 Å². The van der Waals surface area contributed by atoms with Gasteiger partial charge >= 0.3 is 0 Å². The molecule has 0 amide bonds. The Morgan fingerprint density at radius 3 is 2.59 bits per heavy atom. The molecule has 0 aliphatic carbocycles. The van der Waals surface area contributed by atoms with Crippen molar-refractivity contribution < 1.29 is 0 Å². The number of hydrogen-bond acceptors (Lipinski definition) is 2. The second kappa shape index (κ2) is 4.88. The summed E-state index contributed by atoms with van der Waals surface area (Å²) in [5.74, 6) is 0.905. The standard InChI is InChI=1S/C14H15BrN2/c1-9-5-4-6-13(11(9)3)17-14-10(2)7-12(15)8-16-14/h4-8H,1-3H3,(H,16,17). The quantitative estimate of drug-likeness (QED) is 0.880. The van der Waals surface area contributed by atoms with E-state index in [0.717, 1.165) is 21.5 Å².